The number of benzene rings is 2. The number of ether oxygens (including phenoxy) is 1. The number of anilines is 1. The lowest BCUT2D eigenvalue weighted by atomic mass is 9.70. The Morgan fingerprint density at radius 2 is 1.80 bits per heavy atom. The van der Waals surface area contributed by atoms with E-state index in [2.05, 4.69) is 36.9 Å². The lowest BCUT2D eigenvalue weighted by molar-refractivity contribution is -0.141. The number of carbonyl (C=O) groups excluding carboxylic acids is 3. The third-order valence-corrected chi connectivity index (χ3v) is 9.36. The van der Waals surface area contributed by atoms with Gasteiger partial charge in [0.15, 0.2) is 0 Å². The zero-order valence-electron chi connectivity index (χ0n) is 22.5. The van der Waals surface area contributed by atoms with Gasteiger partial charge in [0.25, 0.3) is 0 Å². The van der Waals surface area contributed by atoms with Crippen molar-refractivity contribution in [3.63, 3.8) is 0 Å². The second kappa shape index (κ2) is 11.5. The van der Waals surface area contributed by atoms with E-state index in [-0.39, 0.29) is 35.8 Å². The van der Waals surface area contributed by atoms with Crippen molar-refractivity contribution in [3.05, 3.63) is 54.6 Å². The molecule has 4 heterocycles. The van der Waals surface area contributed by atoms with Gasteiger partial charge < -0.3 is 25.4 Å². The molecule has 3 aromatic rings. The molecule has 11 nitrogen and oxygen atoms in total. The highest BCUT2D eigenvalue weighted by atomic mass is 79.9. The summed E-state index contributed by atoms with van der Waals surface area (Å²) in [6.07, 6.45) is 2.91. The van der Waals surface area contributed by atoms with Crippen molar-refractivity contribution < 1.29 is 24.2 Å². The van der Waals surface area contributed by atoms with Crippen LogP contribution in [0.25, 0.3) is 11.0 Å². The number of aliphatic hydroxyl groups is 1. The molecule has 3 fully saturated rings. The van der Waals surface area contributed by atoms with Crippen molar-refractivity contribution in [2.45, 2.75) is 61.3 Å². The van der Waals surface area contributed by atoms with Gasteiger partial charge in [0.2, 0.25) is 17.7 Å². The molecule has 12 heteroatoms. The van der Waals surface area contributed by atoms with E-state index in [9.17, 15) is 14.4 Å². The average Bonchev–Trinajstić information content (AvgIpc) is 3.69. The Kier molecular flexibility index (Phi) is 7.80. The Morgan fingerprint density at radius 1 is 1.05 bits per heavy atom. The summed E-state index contributed by atoms with van der Waals surface area (Å²) < 4.78 is 8.16. The molecule has 3 aliphatic heterocycles. The molecule has 1 spiro atoms. The van der Waals surface area contributed by atoms with Gasteiger partial charge in [-0.2, -0.15) is 0 Å². The Morgan fingerprint density at radius 3 is 2.61 bits per heavy atom. The molecule has 3 unspecified atom stereocenters. The number of fused-ring (bicyclic) bond motifs is 2. The van der Waals surface area contributed by atoms with Crippen molar-refractivity contribution in [2.24, 2.45) is 11.8 Å². The highest BCUT2D eigenvalue weighted by molar-refractivity contribution is 9.09. The zero-order chi connectivity index (χ0) is 28.6. The van der Waals surface area contributed by atoms with E-state index < -0.39 is 29.6 Å². The molecule has 2 bridgehead atoms. The van der Waals surface area contributed by atoms with Gasteiger partial charge in [-0.15, -0.1) is 5.10 Å². The van der Waals surface area contributed by atoms with Crippen molar-refractivity contribution in [1.82, 2.24) is 25.2 Å². The van der Waals surface area contributed by atoms with Crippen LogP contribution in [0.3, 0.4) is 0 Å². The van der Waals surface area contributed by atoms with E-state index in [1.54, 1.807) is 21.7 Å². The summed E-state index contributed by atoms with van der Waals surface area (Å²) >= 11 is 3.70. The van der Waals surface area contributed by atoms with Crippen LogP contribution in [0.5, 0.6) is 0 Å². The number of para-hydroxylation sites is 2. The highest BCUT2D eigenvalue weighted by Gasteiger charge is 2.76. The van der Waals surface area contributed by atoms with Crippen LogP contribution in [0.4, 0.5) is 5.69 Å². The zero-order valence-corrected chi connectivity index (χ0v) is 24.1. The Balaban J connectivity index is 1.27. The maximum Gasteiger partial charge on any atom is 0.247 e. The predicted octanol–water partition coefficient (Wildman–Crippen LogP) is 2.44. The highest BCUT2D eigenvalue weighted by Crippen LogP contribution is 2.60. The largest absolute Gasteiger partial charge is 0.396 e. The topological polar surface area (TPSA) is 139 Å². The number of unbranched alkanes of at least 4 members (excludes halogenated alkanes) is 3. The van der Waals surface area contributed by atoms with E-state index in [0.717, 1.165) is 18.4 Å². The molecule has 6 atom stereocenters. The van der Waals surface area contributed by atoms with E-state index in [0.29, 0.717) is 37.0 Å². The number of hydrogen-bond acceptors (Lipinski definition) is 7. The molecule has 3 N–H and O–H groups in total. The molecule has 2 aromatic carbocycles. The number of aliphatic hydroxyl groups excluding tert-OH is 1. The van der Waals surface area contributed by atoms with Crippen LogP contribution in [-0.4, -0.2) is 78.4 Å². The molecule has 1 aromatic heterocycles. The number of nitrogens with one attached hydrogen (secondary N) is 2. The van der Waals surface area contributed by atoms with Gasteiger partial charge in [-0.25, -0.2) is 4.68 Å². The van der Waals surface area contributed by atoms with E-state index in [1.165, 1.54) is 0 Å². The SMILES string of the molecule is O=C(NCn1nnc2ccccc21)C1N(CCCCCCO)C(=O)[C@@H]2[C@H](C(=O)Nc3ccccc3)[C@H]3OC12CC3Br. The number of alkyl halides is 1. The summed E-state index contributed by atoms with van der Waals surface area (Å²) in [4.78, 5) is 43.1. The van der Waals surface area contributed by atoms with Crippen molar-refractivity contribution in [1.29, 1.82) is 0 Å². The third-order valence-electron chi connectivity index (χ3n) is 8.51. The van der Waals surface area contributed by atoms with Gasteiger partial charge >= 0.3 is 0 Å². The van der Waals surface area contributed by atoms with Gasteiger partial charge in [-0.1, -0.05) is 64.3 Å². The molecule has 0 aliphatic carbocycles. The van der Waals surface area contributed by atoms with E-state index >= 15 is 0 Å². The number of likely N-dealkylation sites (tertiary alicyclic amines) is 1. The Hall–Kier alpha value is -3.35. The minimum Gasteiger partial charge on any atom is -0.396 e. The predicted molar refractivity (Wildman–Crippen MR) is 154 cm³/mol. The number of hydrogen-bond donors (Lipinski definition) is 3. The molecule has 3 saturated heterocycles. The van der Waals surface area contributed by atoms with Crippen LogP contribution in [0.1, 0.15) is 32.1 Å². The lowest BCUT2D eigenvalue weighted by Crippen LogP contribution is -2.56. The van der Waals surface area contributed by atoms with Crippen LogP contribution < -0.4 is 10.6 Å². The summed E-state index contributed by atoms with van der Waals surface area (Å²) in [7, 11) is 0. The number of rotatable bonds is 11. The first-order valence-corrected chi connectivity index (χ1v) is 15.0. The summed E-state index contributed by atoms with van der Waals surface area (Å²) in [5.74, 6) is -2.38. The number of halogens is 1. The van der Waals surface area contributed by atoms with Crippen LogP contribution in [0, 0.1) is 11.8 Å². The Bertz CT molecular complexity index is 1440. The van der Waals surface area contributed by atoms with Crippen LogP contribution in [0.2, 0.25) is 0 Å². The summed E-state index contributed by atoms with van der Waals surface area (Å²) in [6.45, 7) is 0.560. The van der Waals surface area contributed by atoms with Crippen LogP contribution in [0.15, 0.2) is 54.6 Å². The fourth-order valence-corrected chi connectivity index (χ4v) is 7.69. The average molecular weight is 626 g/mol. The standard InChI is InChI=1S/C29H33BrN6O5/c30-19-16-29-23(22(24(19)41-29)26(38)32-18-10-4-3-5-11-18)28(40)35(14-8-1-2-9-15-37)25(29)27(39)31-17-36-21-13-7-6-12-20(21)33-34-36/h3-7,10-13,19,22-25,37H,1-2,8-9,14-17H2,(H,31,39)(H,32,38)/t19?,22-,23-,24-,25?,29?/m0/s1. The van der Waals surface area contributed by atoms with Crippen molar-refractivity contribution in [3.8, 4) is 0 Å². The molecule has 0 radical (unpaired) electrons. The quantitative estimate of drug-likeness (QED) is 0.220. The minimum absolute atomic E-state index is 0.0776. The fraction of sp³-hybridized carbons (Fsp3) is 0.483. The second-order valence-electron chi connectivity index (χ2n) is 11.0. The summed E-state index contributed by atoms with van der Waals surface area (Å²) in [5, 5.41) is 23.4. The molecule has 6 rings (SSSR count). The summed E-state index contributed by atoms with van der Waals surface area (Å²) in [6, 6.07) is 15.7. The summed E-state index contributed by atoms with van der Waals surface area (Å²) in [5.41, 5.74) is 1.01. The lowest BCUT2D eigenvalue weighted by Gasteiger charge is -2.34. The van der Waals surface area contributed by atoms with Gasteiger partial charge in [0.05, 0.1) is 23.5 Å². The number of aromatic nitrogens is 3. The maximum absolute atomic E-state index is 14.1. The van der Waals surface area contributed by atoms with Gasteiger partial charge in [0, 0.05) is 23.7 Å². The fourth-order valence-electron chi connectivity index (χ4n) is 6.75. The molecule has 3 amide bonds. The van der Waals surface area contributed by atoms with Crippen molar-refractivity contribution >= 4 is 50.4 Å². The monoisotopic (exact) mass is 624 g/mol. The second-order valence-corrected chi connectivity index (χ2v) is 12.1. The van der Waals surface area contributed by atoms with Crippen molar-refractivity contribution in [2.75, 3.05) is 18.5 Å². The molecule has 216 valence electrons. The first-order chi connectivity index (χ1) is 19.9. The van der Waals surface area contributed by atoms with E-state index in [1.807, 2.05) is 42.5 Å². The number of carbonyl (C=O) groups is 3. The van der Waals surface area contributed by atoms with Gasteiger partial charge in [-0.3, -0.25) is 14.4 Å². The molecule has 3 aliphatic rings. The first kappa shape index (κ1) is 27.8. The van der Waals surface area contributed by atoms with Gasteiger partial charge in [0.1, 0.15) is 23.8 Å². The van der Waals surface area contributed by atoms with Crippen LogP contribution >= 0.6 is 15.9 Å². The smallest absolute Gasteiger partial charge is 0.247 e. The van der Waals surface area contributed by atoms with E-state index in [4.69, 9.17) is 9.84 Å². The minimum atomic E-state index is -1.13. The third kappa shape index (κ3) is 4.91. The first-order valence-electron chi connectivity index (χ1n) is 14.1. The number of nitrogens with zero attached hydrogens (tertiary/aromatic N) is 4. The Labute approximate surface area is 245 Å². The molecule has 0 saturated carbocycles. The normalized spacial score (nSPS) is 28.3. The maximum atomic E-state index is 14.1. The van der Waals surface area contributed by atoms with Crippen LogP contribution in [-0.2, 0) is 25.8 Å². The molecule has 41 heavy (non-hydrogen) atoms. The molecular formula is C29H33BrN6O5. The molecular weight excluding hydrogens is 592 g/mol. The number of amides is 3. The van der Waals surface area contributed by atoms with Gasteiger partial charge in [-0.05, 0) is 43.5 Å².